The first-order valence-electron chi connectivity index (χ1n) is 4.88. The van der Waals surface area contributed by atoms with E-state index in [1.54, 1.807) is 18.2 Å². The highest BCUT2D eigenvalue weighted by atomic mass is 32.2. The number of benzene rings is 1. The SMILES string of the molecule is Nc1cnc(CSc2ccccc2F)[nH]c1=O. The third-order valence-corrected chi connectivity index (χ3v) is 3.14. The lowest BCUT2D eigenvalue weighted by molar-refractivity contribution is 0.602. The van der Waals surface area contributed by atoms with Crippen molar-refractivity contribution in [3.63, 3.8) is 0 Å². The lowest BCUT2D eigenvalue weighted by atomic mass is 10.3. The van der Waals surface area contributed by atoms with Crippen LogP contribution in [-0.4, -0.2) is 9.97 Å². The molecule has 6 heteroatoms. The Morgan fingerprint density at radius 3 is 2.88 bits per heavy atom. The lowest BCUT2D eigenvalue weighted by Crippen LogP contribution is -2.14. The van der Waals surface area contributed by atoms with Crippen LogP contribution in [0.3, 0.4) is 0 Å². The number of H-pyrrole nitrogens is 1. The van der Waals surface area contributed by atoms with Gasteiger partial charge in [0.1, 0.15) is 17.3 Å². The number of hydrogen-bond acceptors (Lipinski definition) is 4. The highest BCUT2D eigenvalue weighted by Gasteiger charge is 2.04. The van der Waals surface area contributed by atoms with E-state index in [0.29, 0.717) is 16.5 Å². The van der Waals surface area contributed by atoms with Gasteiger partial charge in [0.05, 0.1) is 11.9 Å². The van der Waals surface area contributed by atoms with Crippen LogP contribution in [0.5, 0.6) is 0 Å². The highest BCUT2D eigenvalue weighted by molar-refractivity contribution is 7.98. The van der Waals surface area contributed by atoms with E-state index in [0.717, 1.165) is 0 Å². The number of nitrogens with two attached hydrogens (primary N) is 1. The Morgan fingerprint density at radius 1 is 1.41 bits per heavy atom. The van der Waals surface area contributed by atoms with E-state index in [9.17, 15) is 9.18 Å². The average Bonchev–Trinajstić information content (AvgIpc) is 2.32. The molecule has 0 spiro atoms. The zero-order valence-electron chi connectivity index (χ0n) is 8.81. The fraction of sp³-hybridized carbons (Fsp3) is 0.0909. The third kappa shape index (κ3) is 2.85. The Labute approximate surface area is 101 Å². The molecular weight excluding hydrogens is 241 g/mol. The van der Waals surface area contributed by atoms with Crippen LogP contribution in [0, 0.1) is 5.82 Å². The summed E-state index contributed by atoms with van der Waals surface area (Å²) in [5.41, 5.74) is 5.05. The molecule has 0 saturated carbocycles. The molecule has 4 nitrogen and oxygen atoms in total. The topological polar surface area (TPSA) is 71.8 Å². The molecule has 1 aromatic carbocycles. The summed E-state index contributed by atoms with van der Waals surface area (Å²) in [4.78, 5) is 18.2. The zero-order valence-corrected chi connectivity index (χ0v) is 9.63. The number of hydrogen-bond donors (Lipinski definition) is 2. The zero-order chi connectivity index (χ0) is 12.3. The van der Waals surface area contributed by atoms with Crippen molar-refractivity contribution in [1.82, 2.24) is 9.97 Å². The van der Waals surface area contributed by atoms with Crippen molar-refractivity contribution in [3.05, 3.63) is 52.5 Å². The van der Waals surface area contributed by atoms with Crippen LogP contribution in [0.15, 0.2) is 40.2 Å². The van der Waals surface area contributed by atoms with Gasteiger partial charge in [0.25, 0.3) is 5.56 Å². The van der Waals surface area contributed by atoms with Crippen molar-refractivity contribution in [3.8, 4) is 0 Å². The molecule has 0 aliphatic rings. The molecule has 2 aromatic rings. The van der Waals surface area contributed by atoms with E-state index >= 15 is 0 Å². The molecule has 0 bridgehead atoms. The summed E-state index contributed by atoms with van der Waals surface area (Å²) in [7, 11) is 0. The van der Waals surface area contributed by atoms with Crippen LogP contribution in [0.2, 0.25) is 0 Å². The molecular formula is C11H10FN3OS. The first-order valence-corrected chi connectivity index (χ1v) is 5.86. The van der Waals surface area contributed by atoms with Crippen LogP contribution >= 0.6 is 11.8 Å². The molecule has 0 unspecified atom stereocenters. The molecule has 3 N–H and O–H groups in total. The van der Waals surface area contributed by atoms with Gasteiger partial charge in [-0.25, -0.2) is 9.37 Å². The standard InChI is InChI=1S/C11H10FN3OS/c12-7-3-1-2-4-9(7)17-6-10-14-5-8(13)11(16)15-10/h1-5H,6,13H2,(H,14,15,16). The van der Waals surface area contributed by atoms with E-state index in [4.69, 9.17) is 5.73 Å². The Hall–Kier alpha value is -1.82. The second-order valence-electron chi connectivity index (χ2n) is 3.33. The van der Waals surface area contributed by atoms with Crippen LogP contribution < -0.4 is 11.3 Å². The molecule has 17 heavy (non-hydrogen) atoms. The molecule has 0 atom stereocenters. The summed E-state index contributed by atoms with van der Waals surface area (Å²) in [5.74, 6) is 0.573. The van der Waals surface area contributed by atoms with Crippen molar-refractivity contribution in [1.29, 1.82) is 0 Å². The number of anilines is 1. The summed E-state index contributed by atoms with van der Waals surface area (Å²) in [6.07, 6.45) is 1.30. The highest BCUT2D eigenvalue weighted by Crippen LogP contribution is 2.23. The number of thioether (sulfide) groups is 1. The van der Waals surface area contributed by atoms with Gasteiger partial charge in [-0.05, 0) is 12.1 Å². The fourth-order valence-electron chi connectivity index (χ4n) is 1.22. The monoisotopic (exact) mass is 251 g/mol. The number of nitrogen functional groups attached to an aromatic ring is 1. The smallest absolute Gasteiger partial charge is 0.274 e. The van der Waals surface area contributed by atoms with Gasteiger partial charge in [-0.1, -0.05) is 12.1 Å². The summed E-state index contributed by atoms with van der Waals surface area (Å²) in [6.45, 7) is 0. The van der Waals surface area contributed by atoms with Gasteiger partial charge in [0.2, 0.25) is 0 Å². The first kappa shape index (κ1) is 11.7. The van der Waals surface area contributed by atoms with Gasteiger partial charge in [-0.2, -0.15) is 0 Å². The van der Waals surface area contributed by atoms with Crippen LogP contribution in [0.25, 0.3) is 0 Å². The van der Waals surface area contributed by atoms with Gasteiger partial charge in [-0.15, -0.1) is 11.8 Å². The summed E-state index contributed by atoms with van der Waals surface area (Å²) in [6, 6.07) is 6.45. The van der Waals surface area contributed by atoms with E-state index in [1.165, 1.54) is 24.0 Å². The predicted molar refractivity (Wildman–Crippen MR) is 65.2 cm³/mol. The van der Waals surface area contributed by atoms with Crippen LogP contribution in [0.4, 0.5) is 10.1 Å². The van der Waals surface area contributed by atoms with Crippen molar-refractivity contribution in [2.75, 3.05) is 5.73 Å². The Bertz CT molecular complexity index is 585. The maximum Gasteiger partial charge on any atom is 0.274 e. The average molecular weight is 251 g/mol. The fourth-order valence-corrected chi connectivity index (χ4v) is 2.04. The van der Waals surface area contributed by atoms with Crippen molar-refractivity contribution >= 4 is 17.4 Å². The minimum atomic E-state index is -0.371. The Kier molecular flexibility index (Phi) is 3.43. The minimum absolute atomic E-state index is 0.0737. The molecule has 0 aliphatic heterocycles. The van der Waals surface area contributed by atoms with E-state index in [2.05, 4.69) is 9.97 Å². The lowest BCUT2D eigenvalue weighted by Gasteiger charge is -2.02. The van der Waals surface area contributed by atoms with Crippen molar-refractivity contribution in [2.45, 2.75) is 10.6 Å². The number of rotatable bonds is 3. The van der Waals surface area contributed by atoms with Gasteiger partial charge in [-0.3, -0.25) is 4.79 Å². The first-order chi connectivity index (χ1) is 8.16. The van der Waals surface area contributed by atoms with E-state index in [-0.39, 0.29) is 17.1 Å². The number of nitrogens with one attached hydrogen (secondary N) is 1. The van der Waals surface area contributed by atoms with Crippen molar-refractivity contribution < 1.29 is 4.39 Å². The summed E-state index contributed by atoms with van der Waals surface area (Å²) >= 11 is 1.27. The van der Waals surface area contributed by atoms with Gasteiger partial charge in [0.15, 0.2) is 0 Å². The second kappa shape index (κ2) is 5.01. The number of halogens is 1. The quantitative estimate of drug-likeness (QED) is 0.816. The molecule has 1 aromatic heterocycles. The summed E-state index contributed by atoms with van der Waals surface area (Å²) < 4.78 is 13.3. The molecule has 0 saturated heterocycles. The van der Waals surface area contributed by atoms with Crippen molar-refractivity contribution in [2.24, 2.45) is 0 Å². The Morgan fingerprint density at radius 2 is 2.18 bits per heavy atom. The van der Waals surface area contributed by atoms with E-state index in [1.807, 2.05) is 0 Å². The molecule has 88 valence electrons. The molecule has 0 amide bonds. The normalized spacial score (nSPS) is 10.4. The Balaban J connectivity index is 2.10. The van der Waals surface area contributed by atoms with Gasteiger partial charge >= 0.3 is 0 Å². The molecule has 0 aliphatic carbocycles. The molecule has 2 rings (SSSR count). The van der Waals surface area contributed by atoms with Gasteiger partial charge in [0, 0.05) is 4.90 Å². The maximum absolute atomic E-state index is 13.3. The number of aromatic nitrogens is 2. The van der Waals surface area contributed by atoms with Gasteiger partial charge < -0.3 is 10.7 Å². The molecule has 1 heterocycles. The third-order valence-electron chi connectivity index (χ3n) is 2.08. The van der Waals surface area contributed by atoms with E-state index < -0.39 is 0 Å². The number of nitrogens with zero attached hydrogens (tertiary/aromatic N) is 1. The van der Waals surface area contributed by atoms with Crippen LogP contribution in [0.1, 0.15) is 5.82 Å². The second-order valence-corrected chi connectivity index (χ2v) is 4.35. The molecule has 0 fully saturated rings. The van der Waals surface area contributed by atoms with Crippen LogP contribution in [-0.2, 0) is 5.75 Å². The molecule has 0 radical (unpaired) electrons. The maximum atomic E-state index is 13.3. The predicted octanol–water partition coefficient (Wildman–Crippen LogP) is 1.78. The minimum Gasteiger partial charge on any atom is -0.393 e. The number of aromatic amines is 1. The largest absolute Gasteiger partial charge is 0.393 e. The summed E-state index contributed by atoms with van der Waals surface area (Å²) in [5, 5.41) is 0.